The molecule has 0 aliphatic rings. The first kappa shape index (κ1) is 15.8. The Bertz CT molecular complexity index is 912. The number of fused-ring (bicyclic) bond motifs is 1. The molecule has 1 amide bonds. The van der Waals surface area contributed by atoms with Crippen molar-refractivity contribution in [1.82, 2.24) is 4.57 Å². The number of benzene rings is 2. The molecule has 0 fully saturated rings. The molecule has 1 N–H and O–H groups in total. The van der Waals surface area contributed by atoms with Crippen molar-refractivity contribution in [2.45, 2.75) is 13.5 Å². The first-order chi connectivity index (χ1) is 11.6. The van der Waals surface area contributed by atoms with Crippen LogP contribution in [0.15, 0.2) is 48.7 Å². The van der Waals surface area contributed by atoms with Gasteiger partial charge in [0.2, 0.25) is 5.91 Å². The summed E-state index contributed by atoms with van der Waals surface area (Å²) in [6.07, 6.45) is 2.51. The van der Waals surface area contributed by atoms with Gasteiger partial charge in [0.1, 0.15) is 12.3 Å². The van der Waals surface area contributed by atoms with E-state index in [1.165, 1.54) is 0 Å². The number of aldehydes is 1. The number of methoxy groups -OCH3 is 1. The molecule has 5 heteroatoms. The van der Waals surface area contributed by atoms with Crippen LogP contribution < -0.4 is 10.1 Å². The van der Waals surface area contributed by atoms with Crippen molar-refractivity contribution in [2.75, 3.05) is 12.4 Å². The number of hydrogen-bond acceptors (Lipinski definition) is 3. The Kier molecular flexibility index (Phi) is 4.33. The third-order valence-corrected chi connectivity index (χ3v) is 3.89. The molecule has 5 nitrogen and oxygen atoms in total. The van der Waals surface area contributed by atoms with E-state index in [1.54, 1.807) is 17.9 Å². The minimum Gasteiger partial charge on any atom is -0.495 e. The van der Waals surface area contributed by atoms with Gasteiger partial charge in [-0.1, -0.05) is 24.3 Å². The molecular formula is C19H18N2O3. The van der Waals surface area contributed by atoms with Gasteiger partial charge in [-0.05, 0) is 30.7 Å². The zero-order valence-electron chi connectivity index (χ0n) is 13.6. The number of aromatic nitrogens is 1. The number of aryl methyl sites for hydroxylation is 1. The van der Waals surface area contributed by atoms with Gasteiger partial charge in [-0.25, -0.2) is 0 Å². The molecule has 0 radical (unpaired) electrons. The first-order valence-electron chi connectivity index (χ1n) is 7.60. The highest BCUT2D eigenvalue weighted by molar-refractivity contribution is 5.99. The second-order valence-corrected chi connectivity index (χ2v) is 5.60. The fraction of sp³-hybridized carbons (Fsp3) is 0.158. The van der Waals surface area contributed by atoms with Crippen LogP contribution in [-0.4, -0.2) is 23.9 Å². The maximum absolute atomic E-state index is 12.4. The number of ether oxygens (including phenoxy) is 1. The van der Waals surface area contributed by atoms with E-state index in [1.807, 2.05) is 49.4 Å². The molecule has 122 valence electrons. The molecule has 0 saturated carbocycles. The predicted molar refractivity (Wildman–Crippen MR) is 93.7 cm³/mol. The zero-order chi connectivity index (χ0) is 17.1. The summed E-state index contributed by atoms with van der Waals surface area (Å²) in [6, 6.07) is 13.1. The Hall–Kier alpha value is -3.08. The van der Waals surface area contributed by atoms with Crippen molar-refractivity contribution in [1.29, 1.82) is 0 Å². The number of nitrogens with one attached hydrogen (secondary N) is 1. The molecule has 3 aromatic rings. The van der Waals surface area contributed by atoms with Gasteiger partial charge in [0.05, 0.1) is 12.8 Å². The van der Waals surface area contributed by atoms with Gasteiger partial charge in [0.15, 0.2) is 6.29 Å². The average Bonchev–Trinajstić information content (AvgIpc) is 2.93. The largest absolute Gasteiger partial charge is 0.495 e. The Labute approximate surface area is 139 Å². The molecule has 1 heterocycles. The van der Waals surface area contributed by atoms with E-state index >= 15 is 0 Å². The highest BCUT2D eigenvalue weighted by atomic mass is 16.5. The molecule has 0 unspecified atom stereocenters. The number of anilines is 1. The van der Waals surface area contributed by atoms with Gasteiger partial charge in [-0.2, -0.15) is 0 Å². The van der Waals surface area contributed by atoms with Crippen molar-refractivity contribution < 1.29 is 14.3 Å². The molecule has 2 aromatic carbocycles. The van der Waals surface area contributed by atoms with E-state index in [2.05, 4.69) is 5.32 Å². The van der Waals surface area contributed by atoms with Crippen LogP contribution in [0.25, 0.3) is 10.9 Å². The van der Waals surface area contributed by atoms with Gasteiger partial charge in [0.25, 0.3) is 0 Å². The van der Waals surface area contributed by atoms with Crippen LogP contribution in [-0.2, 0) is 11.3 Å². The second-order valence-electron chi connectivity index (χ2n) is 5.60. The number of rotatable bonds is 5. The molecule has 0 aliphatic carbocycles. The van der Waals surface area contributed by atoms with Crippen LogP contribution in [0.5, 0.6) is 5.75 Å². The summed E-state index contributed by atoms with van der Waals surface area (Å²) in [5.74, 6) is 0.428. The summed E-state index contributed by atoms with van der Waals surface area (Å²) in [5.41, 5.74) is 3.09. The summed E-state index contributed by atoms with van der Waals surface area (Å²) in [6.45, 7) is 2.07. The van der Waals surface area contributed by atoms with Crippen molar-refractivity contribution in [2.24, 2.45) is 0 Å². The Morgan fingerprint density at radius 1 is 1.25 bits per heavy atom. The molecule has 0 spiro atoms. The zero-order valence-corrected chi connectivity index (χ0v) is 13.6. The van der Waals surface area contributed by atoms with Crippen molar-refractivity contribution in [3.05, 3.63) is 59.8 Å². The van der Waals surface area contributed by atoms with E-state index in [0.717, 1.165) is 22.8 Å². The van der Waals surface area contributed by atoms with E-state index < -0.39 is 0 Å². The lowest BCUT2D eigenvalue weighted by atomic mass is 10.2. The topological polar surface area (TPSA) is 60.3 Å². The van der Waals surface area contributed by atoms with Crippen LogP contribution in [0.2, 0.25) is 0 Å². The van der Waals surface area contributed by atoms with E-state index in [-0.39, 0.29) is 12.5 Å². The number of hydrogen-bond donors (Lipinski definition) is 1. The summed E-state index contributed by atoms with van der Waals surface area (Å²) in [4.78, 5) is 23.6. The highest BCUT2D eigenvalue weighted by Gasteiger charge is 2.12. The maximum atomic E-state index is 12.4. The van der Waals surface area contributed by atoms with Crippen LogP contribution in [0, 0.1) is 6.92 Å². The van der Waals surface area contributed by atoms with Crippen LogP contribution >= 0.6 is 0 Å². The third kappa shape index (κ3) is 3.01. The number of para-hydroxylation sites is 1. The van der Waals surface area contributed by atoms with Gasteiger partial charge in [0, 0.05) is 22.7 Å². The minimum atomic E-state index is -0.183. The van der Waals surface area contributed by atoms with E-state index in [0.29, 0.717) is 17.0 Å². The second kappa shape index (κ2) is 6.58. The molecular weight excluding hydrogens is 304 g/mol. The molecule has 0 bridgehead atoms. The molecule has 3 rings (SSSR count). The Morgan fingerprint density at radius 2 is 2.04 bits per heavy atom. The van der Waals surface area contributed by atoms with Crippen molar-refractivity contribution >= 4 is 28.8 Å². The minimum absolute atomic E-state index is 0.117. The molecule has 1 aromatic heterocycles. The fourth-order valence-corrected chi connectivity index (χ4v) is 2.76. The van der Waals surface area contributed by atoms with Gasteiger partial charge in [-0.15, -0.1) is 0 Å². The smallest absolute Gasteiger partial charge is 0.244 e. The SMILES string of the molecule is COc1ccc(C)cc1NC(=O)Cn1cc(C=O)c2ccccc21. The van der Waals surface area contributed by atoms with Gasteiger partial charge < -0.3 is 14.6 Å². The normalized spacial score (nSPS) is 10.6. The third-order valence-electron chi connectivity index (χ3n) is 3.89. The standard InChI is InChI=1S/C19H18N2O3/c1-13-7-8-18(24-2)16(9-13)20-19(23)11-21-10-14(12-22)15-5-3-4-6-17(15)21/h3-10,12H,11H2,1-2H3,(H,20,23). The van der Waals surface area contributed by atoms with E-state index in [4.69, 9.17) is 4.74 Å². The van der Waals surface area contributed by atoms with Gasteiger partial charge in [-0.3, -0.25) is 9.59 Å². The summed E-state index contributed by atoms with van der Waals surface area (Å²) < 4.78 is 7.05. The van der Waals surface area contributed by atoms with Crippen LogP contribution in [0.4, 0.5) is 5.69 Å². The first-order valence-corrected chi connectivity index (χ1v) is 7.60. The lowest BCUT2D eigenvalue weighted by Gasteiger charge is -2.12. The monoisotopic (exact) mass is 322 g/mol. The lowest BCUT2D eigenvalue weighted by Crippen LogP contribution is -2.18. The Morgan fingerprint density at radius 3 is 2.79 bits per heavy atom. The Balaban J connectivity index is 1.86. The maximum Gasteiger partial charge on any atom is 0.244 e. The van der Waals surface area contributed by atoms with Gasteiger partial charge >= 0.3 is 0 Å². The molecule has 0 saturated heterocycles. The predicted octanol–water partition coefficient (Wildman–Crippen LogP) is 3.41. The number of nitrogens with zero attached hydrogens (tertiary/aromatic N) is 1. The fourth-order valence-electron chi connectivity index (χ4n) is 2.76. The average molecular weight is 322 g/mol. The molecule has 24 heavy (non-hydrogen) atoms. The number of amides is 1. The molecule has 0 atom stereocenters. The lowest BCUT2D eigenvalue weighted by molar-refractivity contribution is -0.116. The van der Waals surface area contributed by atoms with Crippen molar-refractivity contribution in [3.8, 4) is 5.75 Å². The molecule has 0 aliphatic heterocycles. The van der Waals surface area contributed by atoms with Crippen LogP contribution in [0.1, 0.15) is 15.9 Å². The summed E-state index contributed by atoms with van der Waals surface area (Å²) in [7, 11) is 1.57. The van der Waals surface area contributed by atoms with E-state index in [9.17, 15) is 9.59 Å². The van der Waals surface area contributed by atoms with Crippen LogP contribution in [0.3, 0.4) is 0 Å². The summed E-state index contributed by atoms with van der Waals surface area (Å²) in [5, 5.41) is 3.71. The summed E-state index contributed by atoms with van der Waals surface area (Å²) >= 11 is 0. The number of carbonyl (C=O) groups is 2. The highest BCUT2D eigenvalue weighted by Crippen LogP contribution is 2.25. The number of carbonyl (C=O) groups excluding carboxylic acids is 2. The van der Waals surface area contributed by atoms with Crippen molar-refractivity contribution in [3.63, 3.8) is 0 Å². The quantitative estimate of drug-likeness (QED) is 0.732.